The molecule has 0 N–H and O–H groups in total. The first kappa shape index (κ1) is 12.4. The summed E-state index contributed by atoms with van der Waals surface area (Å²) >= 11 is 0. The number of para-hydroxylation sites is 1. The molecule has 0 aliphatic carbocycles. The fourth-order valence-corrected chi connectivity index (χ4v) is 2.22. The Morgan fingerprint density at radius 1 is 0.900 bits per heavy atom. The summed E-state index contributed by atoms with van der Waals surface area (Å²) in [5.74, 6) is 1.21. The predicted molar refractivity (Wildman–Crippen MR) is 79.4 cm³/mol. The van der Waals surface area contributed by atoms with E-state index in [1.165, 1.54) is 0 Å². The average molecular weight is 262 g/mol. The Balaban J connectivity index is 1.87. The molecule has 0 amide bonds. The number of allylic oxidation sites excluding steroid dienone is 2. The summed E-state index contributed by atoms with van der Waals surface area (Å²) in [6.45, 7) is 0. The van der Waals surface area contributed by atoms with E-state index >= 15 is 0 Å². The van der Waals surface area contributed by atoms with Gasteiger partial charge in [-0.2, -0.15) is 0 Å². The topological polar surface area (TPSA) is 26.3 Å². The highest BCUT2D eigenvalue weighted by Gasteiger charge is 2.19. The third kappa shape index (κ3) is 2.54. The molecule has 1 unspecified atom stereocenters. The number of benzene rings is 2. The second kappa shape index (κ2) is 5.57. The maximum Gasteiger partial charge on any atom is 0.131 e. The third-order valence-electron chi connectivity index (χ3n) is 3.24. The summed E-state index contributed by atoms with van der Waals surface area (Å²) in [6, 6.07) is 17.6. The van der Waals surface area contributed by atoms with E-state index in [0.29, 0.717) is 5.76 Å². The monoisotopic (exact) mass is 262 g/mol. The average Bonchev–Trinajstić information content (AvgIpc) is 2.53. The Hall–Kier alpha value is -2.61. The molecule has 1 atom stereocenters. The molecule has 0 bridgehead atoms. The lowest BCUT2D eigenvalue weighted by molar-refractivity contribution is -0.108. The summed E-state index contributed by atoms with van der Waals surface area (Å²) in [6.07, 6.45) is 6.65. The van der Waals surface area contributed by atoms with Crippen LogP contribution in [0.5, 0.6) is 5.75 Å². The molecule has 2 aromatic carbocycles. The van der Waals surface area contributed by atoms with Crippen LogP contribution in [0.1, 0.15) is 17.0 Å². The van der Waals surface area contributed by atoms with Crippen LogP contribution in [0.25, 0.3) is 6.08 Å². The largest absolute Gasteiger partial charge is 0.457 e. The Morgan fingerprint density at radius 2 is 1.65 bits per heavy atom. The van der Waals surface area contributed by atoms with Crippen molar-refractivity contribution >= 4 is 12.4 Å². The normalized spacial score (nSPS) is 17.2. The van der Waals surface area contributed by atoms with Gasteiger partial charge >= 0.3 is 0 Å². The maximum absolute atomic E-state index is 11.2. The lowest BCUT2D eigenvalue weighted by atomic mass is 9.96. The van der Waals surface area contributed by atoms with Gasteiger partial charge in [-0.25, -0.2) is 0 Å². The maximum atomic E-state index is 11.2. The van der Waals surface area contributed by atoms with E-state index in [2.05, 4.69) is 0 Å². The summed E-state index contributed by atoms with van der Waals surface area (Å²) < 4.78 is 5.80. The van der Waals surface area contributed by atoms with Gasteiger partial charge in [0.05, 0.1) is 5.92 Å². The van der Waals surface area contributed by atoms with Crippen LogP contribution in [0.15, 0.2) is 72.5 Å². The smallest absolute Gasteiger partial charge is 0.131 e. The second-order valence-electron chi connectivity index (χ2n) is 4.61. The molecule has 0 saturated carbocycles. The van der Waals surface area contributed by atoms with Gasteiger partial charge in [0.2, 0.25) is 0 Å². The van der Waals surface area contributed by atoms with Gasteiger partial charge in [0.25, 0.3) is 0 Å². The van der Waals surface area contributed by atoms with E-state index in [1.807, 2.05) is 72.8 Å². The number of ether oxygens (including phenoxy) is 1. The van der Waals surface area contributed by atoms with Gasteiger partial charge in [-0.15, -0.1) is 0 Å². The first-order valence-corrected chi connectivity index (χ1v) is 6.54. The summed E-state index contributed by atoms with van der Waals surface area (Å²) in [4.78, 5) is 11.2. The quantitative estimate of drug-likeness (QED) is 0.783. The number of carbonyl (C=O) groups excluding carboxylic acids is 1. The summed E-state index contributed by atoms with van der Waals surface area (Å²) in [7, 11) is 0. The number of carbonyl (C=O) groups is 1. The number of rotatable bonds is 3. The van der Waals surface area contributed by atoms with Crippen LogP contribution in [0, 0.1) is 0 Å². The number of fused-ring (bicyclic) bond motifs is 1. The van der Waals surface area contributed by atoms with Crippen molar-refractivity contribution in [3.8, 4) is 5.75 Å². The molecule has 2 aromatic rings. The van der Waals surface area contributed by atoms with Crippen molar-refractivity contribution in [3.05, 3.63) is 83.6 Å². The van der Waals surface area contributed by atoms with Crippen LogP contribution >= 0.6 is 0 Å². The third-order valence-corrected chi connectivity index (χ3v) is 3.24. The molecule has 2 nitrogen and oxygen atoms in total. The van der Waals surface area contributed by atoms with Gasteiger partial charge in [-0.05, 0) is 23.8 Å². The van der Waals surface area contributed by atoms with Gasteiger partial charge in [-0.1, -0.05) is 54.6 Å². The molecule has 0 aromatic heterocycles. The van der Waals surface area contributed by atoms with Gasteiger partial charge in [0.1, 0.15) is 17.8 Å². The Labute approximate surface area is 118 Å². The highest BCUT2D eigenvalue weighted by atomic mass is 16.5. The number of hydrogen-bond acceptors (Lipinski definition) is 2. The van der Waals surface area contributed by atoms with Crippen LogP contribution in [-0.2, 0) is 4.79 Å². The van der Waals surface area contributed by atoms with E-state index in [1.54, 1.807) is 0 Å². The number of aldehydes is 1. The molecule has 0 spiro atoms. The summed E-state index contributed by atoms with van der Waals surface area (Å²) in [5.41, 5.74) is 2.01. The van der Waals surface area contributed by atoms with Gasteiger partial charge in [0.15, 0.2) is 0 Å². The van der Waals surface area contributed by atoms with Crippen LogP contribution < -0.4 is 4.74 Å². The van der Waals surface area contributed by atoms with Gasteiger partial charge in [0, 0.05) is 5.56 Å². The van der Waals surface area contributed by atoms with E-state index in [9.17, 15) is 4.79 Å². The fourth-order valence-electron chi connectivity index (χ4n) is 2.22. The van der Waals surface area contributed by atoms with Crippen LogP contribution in [0.2, 0.25) is 0 Å². The molecule has 0 radical (unpaired) electrons. The molecule has 0 fully saturated rings. The van der Waals surface area contributed by atoms with E-state index in [-0.39, 0.29) is 5.92 Å². The first-order valence-electron chi connectivity index (χ1n) is 6.54. The van der Waals surface area contributed by atoms with Crippen molar-refractivity contribution in [2.45, 2.75) is 5.92 Å². The number of hydrogen-bond donors (Lipinski definition) is 0. The molecular formula is C18H14O2. The predicted octanol–water partition coefficient (Wildman–Crippen LogP) is 3.96. The zero-order chi connectivity index (χ0) is 13.8. The zero-order valence-electron chi connectivity index (χ0n) is 10.9. The van der Waals surface area contributed by atoms with Crippen LogP contribution in [-0.4, -0.2) is 6.29 Å². The molecule has 2 heteroatoms. The molecule has 1 aliphatic heterocycles. The minimum atomic E-state index is -0.240. The second-order valence-corrected chi connectivity index (χ2v) is 4.61. The van der Waals surface area contributed by atoms with E-state index in [0.717, 1.165) is 23.2 Å². The highest BCUT2D eigenvalue weighted by Crippen LogP contribution is 2.33. The van der Waals surface area contributed by atoms with Crippen LogP contribution in [0.3, 0.4) is 0 Å². The van der Waals surface area contributed by atoms with Gasteiger partial charge < -0.3 is 9.53 Å². The Kier molecular flexibility index (Phi) is 3.46. The van der Waals surface area contributed by atoms with E-state index in [4.69, 9.17) is 4.74 Å². The van der Waals surface area contributed by atoms with Crippen molar-refractivity contribution < 1.29 is 9.53 Å². The standard InChI is InChI=1S/C18H14O2/c19-13-15-12-16(11-10-14-6-2-1-3-7-14)20-18-9-5-4-8-17(15)18/h1-13,15H. The fraction of sp³-hybridized carbons (Fsp3) is 0.0556. The minimum absolute atomic E-state index is 0.240. The van der Waals surface area contributed by atoms with Crippen molar-refractivity contribution in [2.24, 2.45) is 0 Å². The van der Waals surface area contributed by atoms with E-state index < -0.39 is 0 Å². The van der Waals surface area contributed by atoms with Crippen molar-refractivity contribution in [2.75, 3.05) is 0 Å². The van der Waals surface area contributed by atoms with Gasteiger partial charge in [-0.3, -0.25) is 0 Å². The lowest BCUT2D eigenvalue weighted by Gasteiger charge is -2.20. The molecule has 1 heterocycles. The zero-order valence-corrected chi connectivity index (χ0v) is 10.9. The van der Waals surface area contributed by atoms with Crippen molar-refractivity contribution in [1.29, 1.82) is 0 Å². The molecular weight excluding hydrogens is 248 g/mol. The molecule has 0 saturated heterocycles. The lowest BCUT2D eigenvalue weighted by Crippen LogP contribution is -2.09. The van der Waals surface area contributed by atoms with Crippen molar-refractivity contribution in [3.63, 3.8) is 0 Å². The molecule has 98 valence electrons. The van der Waals surface area contributed by atoms with Crippen molar-refractivity contribution in [1.82, 2.24) is 0 Å². The van der Waals surface area contributed by atoms with Crippen LogP contribution in [0.4, 0.5) is 0 Å². The molecule has 3 rings (SSSR count). The Bertz CT molecular complexity index is 669. The summed E-state index contributed by atoms with van der Waals surface area (Å²) in [5, 5.41) is 0. The minimum Gasteiger partial charge on any atom is -0.457 e. The SMILES string of the molecule is O=CC1C=C(C=Cc2ccccc2)Oc2ccccc21. The molecule has 1 aliphatic rings. The Morgan fingerprint density at radius 3 is 2.45 bits per heavy atom. The molecule has 20 heavy (non-hydrogen) atoms. The first-order chi connectivity index (χ1) is 9.86. The highest BCUT2D eigenvalue weighted by molar-refractivity contribution is 5.70.